The van der Waals surface area contributed by atoms with E-state index in [9.17, 15) is 0 Å². The second-order valence-corrected chi connectivity index (χ2v) is 6.92. The summed E-state index contributed by atoms with van der Waals surface area (Å²) in [5.74, 6) is 3.26. The van der Waals surface area contributed by atoms with Crippen molar-refractivity contribution in [3.8, 4) is 0 Å². The standard InChI is InChI=1S/C19H31N/c1-4-16-10-11-18(14-20-13-15(2)3)19(12-16)17-8-6-5-7-9-17/h5-9,15-16,18-20H,4,10-14H2,1-3H3. The Morgan fingerprint density at radius 1 is 1.15 bits per heavy atom. The van der Waals surface area contributed by atoms with Crippen LogP contribution in [0, 0.1) is 17.8 Å². The van der Waals surface area contributed by atoms with E-state index >= 15 is 0 Å². The van der Waals surface area contributed by atoms with Gasteiger partial charge >= 0.3 is 0 Å². The zero-order chi connectivity index (χ0) is 14.4. The molecule has 1 fully saturated rings. The summed E-state index contributed by atoms with van der Waals surface area (Å²) < 4.78 is 0. The molecule has 1 aromatic carbocycles. The van der Waals surface area contributed by atoms with Gasteiger partial charge in [0.2, 0.25) is 0 Å². The van der Waals surface area contributed by atoms with Crippen molar-refractivity contribution < 1.29 is 0 Å². The second-order valence-electron chi connectivity index (χ2n) is 6.92. The Kier molecular flexibility index (Phi) is 6.09. The van der Waals surface area contributed by atoms with E-state index in [1.165, 1.54) is 32.2 Å². The molecule has 1 saturated carbocycles. The summed E-state index contributed by atoms with van der Waals surface area (Å²) in [4.78, 5) is 0. The Morgan fingerprint density at radius 2 is 1.90 bits per heavy atom. The van der Waals surface area contributed by atoms with E-state index in [1.54, 1.807) is 5.56 Å². The zero-order valence-electron chi connectivity index (χ0n) is 13.4. The summed E-state index contributed by atoms with van der Waals surface area (Å²) in [6.45, 7) is 9.26. The highest BCUT2D eigenvalue weighted by atomic mass is 14.9. The monoisotopic (exact) mass is 273 g/mol. The van der Waals surface area contributed by atoms with Gasteiger partial charge in [-0.2, -0.15) is 0 Å². The largest absolute Gasteiger partial charge is 0.316 e. The molecule has 1 heteroatoms. The highest BCUT2D eigenvalue weighted by Crippen LogP contribution is 2.41. The molecule has 2 rings (SSSR count). The van der Waals surface area contributed by atoms with E-state index in [0.29, 0.717) is 0 Å². The van der Waals surface area contributed by atoms with Crippen molar-refractivity contribution in [1.82, 2.24) is 5.32 Å². The van der Waals surface area contributed by atoms with Crippen LogP contribution >= 0.6 is 0 Å². The predicted octanol–water partition coefficient (Wildman–Crippen LogP) is 4.84. The van der Waals surface area contributed by atoms with Crippen LogP contribution in [-0.4, -0.2) is 13.1 Å². The number of nitrogens with one attached hydrogen (secondary N) is 1. The maximum absolute atomic E-state index is 3.69. The number of rotatable bonds is 6. The van der Waals surface area contributed by atoms with Crippen molar-refractivity contribution >= 4 is 0 Å². The summed E-state index contributed by atoms with van der Waals surface area (Å²) in [6, 6.07) is 11.2. The first-order valence-electron chi connectivity index (χ1n) is 8.46. The highest BCUT2D eigenvalue weighted by Gasteiger charge is 2.30. The van der Waals surface area contributed by atoms with E-state index in [2.05, 4.69) is 56.4 Å². The summed E-state index contributed by atoms with van der Waals surface area (Å²) in [6.07, 6.45) is 5.54. The Morgan fingerprint density at radius 3 is 2.55 bits per heavy atom. The third-order valence-corrected chi connectivity index (χ3v) is 4.87. The van der Waals surface area contributed by atoms with Crippen LogP contribution in [0.4, 0.5) is 0 Å². The first-order valence-corrected chi connectivity index (χ1v) is 8.46. The van der Waals surface area contributed by atoms with E-state index < -0.39 is 0 Å². The molecule has 0 radical (unpaired) electrons. The van der Waals surface area contributed by atoms with E-state index in [1.807, 2.05) is 0 Å². The Hall–Kier alpha value is -0.820. The van der Waals surface area contributed by atoms with Crippen molar-refractivity contribution in [2.24, 2.45) is 17.8 Å². The minimum absolute atomic E-state index is 0.747. The lowest BCUT2D eigenvalue weighted by Crippen LogP contribution is -2.33. The summed E-state index contributed by atoms with van der Waals surface area (Å²) in [7, 11) is 0. The molecule has 0 bridgehead atoms. The van der Waals surface area contributed by atoms with Crippen LogP contribution in [0.25, 0.3) is 0 Å². The third kappa shape index (κ3) is 4.34. The van der Waals surface area contributed by atoms with Gasteiger partial charge in [-0.3, -0.25) is 0 Å². The maximum atomic E-state index is 3.69. The number of hydrogen-bond acceptors (Lipinski definition) is 1. The summed E-state index contributed by atoms with van der Waals surface area (Å²) in [5, 5.41) is 3.69. The van der Waals surface area contributed by atoms with Gasteiger partial charge in [-0.1, -0.05) is 63.9 Å². The average Bonchev–Trinajstić information content (AvgIpc) is 2.48. The molecule has 3 unspecified atom stereocenters. The van der Waals surface area contributed by atoms with Crippen molar-refractivity contribution in [1.29, 1.82) is 0 Å². The Bertz CT molecular complexity index is 371. The van der Waals surface area contributed by atoms with E-state index in [4.69, 9.17) is 0 Å². The Balaban J connectivity index is 2.00. The molecule has 1 N–H and O–H groups in total. The first-order chi connectivity index (χ1) is 9.70. The zero-order valence-corrected chi connectivity index (χ0v) is 13.4. The van der Waals surface area contributed by atoms with Crippen LogP contribution in [0.2, 0.25) is 0 Å². The van der Waals surface area contributed by atoms with Crippen LogP contribution in [-0.2, 0) is 0 Å². The lowest BCUT2D eigenvalue weighted by molar-refractivity contribution is 0.224. The van der Waals surface area contributed by atoms with Gasteiger partial charge in [-0.15, -0.1) is 0 Å². The molecule has 20 heavy (non-hydrogen) atoms. The van der Waals surface area contributed by atoms with Crippen molar-refractivity contribution in [3.63, 3.8) is 0 Å². The van der Waals surface area contributed by atoms with Gasteiger partial charge < -0.3 is 5.32 Å². The number of benzene rings is 1. The van der Waals surface area contributed by atoms with Gasteiger partial charge in [0.15, 0.2) is 0 Å². The summed E-state index contributed by atoms with van der Waals surface area (Å²) >= 11 is 0. The van der Waals surface area contributed by atoms with Gasteiger partial charge in [-0.25, -0.2) is 0 Å². The molecule has 0 amide bonds. The molecule has 0 spiro atoms. The topological polar surface area (TPSA) is 12.0 Å². The van der Waals surface area contributed by atoms with Crippen LogP contribution in [0.5, 0.6) is 0 Å². The van der Waals surface area contributed by atoms with Crippen molar-refractivity contribution in [2.75, 3.05) is 13.1 Å². The van der Waals surface area contributed by atoms with E-state index in [-0.39, 0.29) is 0 Å². The molecule has 3 atom stereocenters. The molecule has 1 aliphatic rings. The predicted molar refractivity (Wildman–Crippen MR) is 88.0 cm³/mol. The Labute approximate surface area is 125 Å². The molecule has 0 heterocycles. The third-order valence-electron chi connectivity index (χ3n) is 4.87. The lowest BCUT2D eigenvalue weighted by Gasteiger charge is -2.36. The van der Waals surface area contributed by atoms with Gasteiger partial charge in [-0.05, 0) is 55.2 Å². The smallest absolute Gasteiger partial charge is 0.00146 e. The van der Waals surface area contributed by atoms with Crippen LogP contribution in [0.3, 0.4) is 0 Å². The fraction of sp³-hybridized carbons (Fsp3) is 0.684. The van der Waals surface area contributed by atoms with Gasteiger partial charge in [0.1, 0.15) is 0 Å². The normalized spacial score (nSPS) is 26.9. The minimum atomic E-state index is 0.747. The molecule has 1 aromatic rings. The molecular formula is C19H31N. The fourth-order valence-electron chi connectivity index (χ4n) is 3.60. The SMILES string of the molecule is CCC1CCC(CNCC(C)C)C(c2ccccc2)C1. The van der Waals surface area contributed by atoms with Crippen molar-refractivity contribution in [2.45, 2.75) is 52.4 Å². The molecule has 0 aromatic heterocycles. The lowest BCUT2D eigenvalue weighted by atomic mass is 9.70. The second kappa shape index (κ2) is 7.83. The van der Waals surface area contributed by atoms with Gasteiger partial charge in [0.25, 0.3) is 0 Å². The molecule has 112 valence electrons. The molecule has 0 saturated heterocycles. The van der Waals surface area contributed by atoms with Gasteiger partial charge in [0, 0.05) is 0 Å². The van der Waals surface area contributed by atoms with E-state index in [0.717, 1.165) is 30.2 Å². The van der Waals surface area contributed by atoms with Gasteiger partial charge in [0.05, 0.1) is 0 Å². The minimum Gasteiger partial charge on any atom is -0.316 e. The first kappa shape index (κ1) is 15.6. The molecular weight excluding hydrogens is 242 g/mol. The quantitative estimate of drug-likeness (QED) is 0.782. The molecule has 0 aliphatic heterocycles. The summed E-state index contributed by atoms with van der Waals surface area (Å²) in [5.41, 5.74) is 1.56. The number of hydrogen-bond donors (Lipinski definition) is 1. The molecule has 1 aliphatic carbocycles. The maximum Gasteiger partial charge on any atom is -0.00146 e. The average molecular weight is 273 g/mol. The highest BCUT2D eigenvalue weighted by molar-refractivity contribution is 5.21. The fourth-order valence-corrected chi connectivity index (χ4v) is 3.60. The molecule has 1 nitrogen and oxygen atoms in total. The van der Waals surface area contributed by atoms with Crippen LogP contribution in [0.1, 0.15) is 57.9 Å². The van der Waals surface area contributed by atoms with Crippen LogP contribution < -0.4 is 5.32 Å². The van der Waals surface area contributed by atoms with Crippen LogP contribution in [0.15, 0.2) is 30.3 Å². The van der Waals surface area contributed by atoms with Crippen molar-refractivity contribution in [3.05, 3.63) is 35.9 Å².